The molecule has 0 radical (unpaired) electrons. The molecule has 1 N–H and O–H groups in total. The van der Waals surface area contributed by atoms with E-state index in [4.69, 9.17) is 0 Å². The van der Waals surface area contributed by atoms with Crippen LogP contribution in [0.25, 0.3) is 0 Å². The molecule has 0 spiro atoms. The quantitative estimate of drug-likeness (QED) is 0.707. The average molecular weight is 266 g/mol. The Morgan fingerprint density at radius 1 is 1.00 bits per heavy atom. The number of hydrogen-bond donors (Lipinski definition) is 1. The molecule has 2 heteroatoms. The maximum absolute atomic E-state index is 3.51. The molecule has 0 aromatic carbocycles. The van der Waals surface area contributed by atoms with Gasteiger partial charge in [0.1, 0.15) is 0 Å². The van der Waals surface area contributed by atoms with Crippen molar-refractivity contribution in [3.05, 3.63) is 0 Å². The Morgan fingerprint density at radius 3 is 2.58 bits per heavy atom. The van der Waals surface area contributed by atoms with Crippen LogP contribution in [0.3, 0.4) is 0 Å². The number of piperidine rings is 1. The van der Waals surface area contributed by atoms with Crippen LogP contribution in [0.2, 0.25) is 0 Å². The van der Waals surface area contributed by atoms with Crippen molar-refractivity contribution in [3.8, 4) is 0 Å². The summed E-state index contributed by atoms with van der Waals surface area (Å²) in [4.78, 5) is 2.75. The molecular formula is C17H34N2. The third kappa shape index (κ3) is 5.43. The van der Waals surface area contributed by atoms with Crippen molar-refractivity contribution >= 4 is 0 Å². The highest BCUT2D eigenvalue weighted by molar-refractivity contribution is 4.83. The van der Waals surface area contributed by atoms with Crippen molar-refractivity contribution in [2.45, 2.75) is 71.3 Å². The van der Waals surface area contributed by atoms with Crippen LogP contribution >= 0.6 is 0 Å². The summed E-state index contributed by atoms with van der Waals surface area (Å²) >= 11 is 0. The highest BCUT2D eigenvalue weighted by atomic mass is 15.1. The normalized spacial score (nSPS) is 28.6. The lowest BCUT2D eigenvalue weighted by Gasteiger charge is -2.41. The monoisotopic (exact) mass is 266 g/mol. The summed E-state index contributed by atoms with van der Waals surface area (Å²) in [6.45, 7) is 9.80. The minimum absolute atomic E-state index is 0.644. The van der Waals surface area contributed by atoms with Crippen molar-refractivity contribution in [2.75, 3.05) is 26.2 Å². The third-order valence-electron chi connectivity index (χ3n) is 5.08. The average Bonchev–Trinajstić information content (AvgIpc) is 2.42. The molecule has 2 nitrogen and oxygen atoms in total. The molecule has 0 bridgehead atoms. The maximum Gasteiger partial charge on any atom is 0.00123 e. The number of hydrogen-bond acceptors (Lipinski definition) is 2. The van der Waals surface area contributed by atoms with Gasteiger partial charge in [0.15, 0.2) is 0 Å². The van der Waals surface area contributed by atoms with Crippen molar-refractivity contribution in [1.29, 1.82) is 0 Å². The fraction of sp³-hybridized carbons (Fsp3) is 1.00. The van der Waals surface area contributed by atoms with Crippen molar-refractivity contribution < 1.29 is 0 Å². The molecule has 2 aliphatic rings. The topological polar surface area (TPSA) is 15.3 Å². The number of fused-ring (bicyclic) bond motifs is 1. The Labute approximate surface area is 120 Å². The van der Waals surface area contributed by atoms with Gasteiger partial charge in [0.2, 0.25) is 0 Å². The van der Waals surface area contributed by atoms with Crippen molar-refractivity contribution in [2.24, 2.45) is 11.8 Å². The first-order valence-electron chi connectivity index (χ1n) is 8.71. The van der Waals surface area contributed by atoms with E-state index in [0.29, 0.717) is 6.04 Å². The molecule has 2 fully saturated rings. The summed E-state index contributed by atoms with van der Waals surface area (Å²) in [5.74, 6) is 2.13. The molecule has 1 aliphatic heterocycles. The van der Waals surface area contributed by atoms with Gasteiger partial charge in [0.25, 0.3) is 0 Å². The summed E-state index contributed by atoms with van der Waals surface area (Å²) in [6.07, 6.45) is 11.7. The molecular weight excluding hydrogens is 232 g/mol. The van der Waals surface area contributed by atoms with Gasteiger partial charge in [-0.05, 0) is 57.2 Å². The van der Waals surface area contributed by atoms with E-state index in [-0.39, 0.29) is 0 Å². The molecule has 1 heterocycles. The predicted octanol–water partition coefficient (Wildman–Crippen LogP) is 3.67. The van der Waals surface area contributed by atoms with E-state index in [9.17, 15) is 0 Å². The van der Waals surface area contributed by atoms with E-state index in [1.54, 1.807) is 0 Å². The smallest absolute Gasteiger partial charge is 0.00123 e. The van der Waals surface area contributed by atoms with Crippen LogP contribution in [0.15, 0.2) is 0 Å². The van der Waals surface area contributed by atoms with Crippen LogP contribution in [0.1, 0.15) is 65.2 Å². The second-order valence-electron chi connectivity index (χ2n) is 7.06. The van der Waals surface area contributed by atoms with Gasteiger partial charge in [-0.15, -0.1) is 0 Å². The van der Waals surface area contributed by atoms with E-state index in [1.165, 1.54) is 77.5 Å². The van der Waals surface area contributed by atoms with Gasteiger partial charge in [-0.3, -0.25) is 0 Å². The number of likely N-dealkylation sites (tertiary alicyclic amines) is 1. The van der Waals surface area contributed by atoms with E-state index in [2.05, 4.69) is 24.1 Å². The third-order valence-corrected chi connectivity index (χ3v) is 5.08. The molecule has 112 valence electrons. The van der Waals surface area contributed by atoms with Gasteiger partial charge in [0, 0.05) is 12.6 Å². The van der Waals surface area contributed by atoms with Crippen LogP contribution in [0.4, 0.5) is 0 Å². The summed E-state index contributed by atoms with van der Waals surface area (Å²) in [6, 6.07) is 0.644. The van der Waals surface area contributed by atoms with E-state index in [1.807, 2.05) is 0 Å². The Hall–Kier alpha value is -0.0800. The zero-order valence-corrected chi connectivity index (χ0v) is 13.2. The van der Waals surface area contributed by atoms with Gasteiger partial charge in [-0.1, -0.05) is 39.5 Å². The van der Waals surface area contributed by atoms with Crippen LogP contribution in [-0.4, -0.2) is 37.1 Å². The maximum atomic E-state index is 3.51. The second-order valence-corrected chi connectivity index (χ2v) is 7.06. The Bertz CT molecular complexity index is 239. The van der Waals surface area contributed by atoms with Crippen LogP contribution < -0.4 is 5.32 Å². The van der Waals surface area contributed by atoms with Crippen molar-refractivity contribution in [3.63, 3.8) is 0 Å². The lowest BCUT2D eigenvalue weighted by molar-refractivity contribution is 0.0857. The number of rotatable bonds is 7. The zero-order chi connectivity index (χ0) is 13.5. The van der Waals surface area contributed by atoms with Gasteiger partial charge in [-0.2, -0.15) is 0 Å². The van der Waals surface area contributed by atoms with Crippen LogP contribution in [0.5, 0.6) is 0 Å². The molecule has 0 aromatic rings. The minimum Gasteiger partial charge on any atom is -0.315 e. The van der Waals surface area contributed by atoms with Gasteiger partial charge < -0.3 is 10.2 Å². The summed E-state index contributed by atoms with van der Waals surface area (Å²) < 4.78 is 0. The fourth-order valence-electron chi connectivity index (χ4n) is 3.91. The van der Waals surface area contributed by atoms with Gasteiger partial charge >= 0.3 is 0 Å². The lowest BCUT2D eigenvalue weighted by Crippen LogP contribution is -2.42. The number of nitrogens with one attached hydrogen (secondary N) is 1. The molecule has 1 aliphatic carbocycles. The van der Waals surface area contributed by atoms with Crippen LogP contribution in [0, 0.1) is 11.8 Å². The lowest BCUT2D eigenvalue weighted by atomic mass is 9.75. The Balaban J connectivity index is 1.52. The summed E-state index contributed by atoms with van der Waals surface area (Å²) in [5, 5.41) is 3.51. The first-order valence-corrected chi connectivity index (χ1v) is 8.71. The fourth-order valence-corrected chi connectivity index (χ4v) is 3.91. The first kappa shape index (κ1) is 15.3. The van der Waals surface area contributed by atoms with Gasteiger partial charge in [0.05, 0.1) is 0 Å². The SMILES string of the molecule is CC(C)NCCCCCN1CCC2CCCCC2C1. The Kier molecular flexibility index (Phi) is 6.66. The summed E-state index contributed by atoms with van der Waals surface area (Å²) in [7, 11) is 0. The highest BCUT2D eigenvalue weighted by Gasteiger charge is 2.30. The number of nitrogens with zero attached hydrogens (tertiary/aromatic N) is 1. The van der Waals surface area contributed by atoms with E-state index >= 15 is 0 Å². The standard InChI is InChI=1S/C17H34N2/c1-15(2)18-11-6-3-7-12-19-13-10-16-8-4-5-9-17(16)14-19/h15-18H,3-14H2,1-2H3. The van der Waals surface area contributed by atoms with Crippen LogP contribution in [-0.2, 0) is 0 Å². The zero-order valence-electron chi connectivity index (χ0n) is 13.2. The summed E-state index contributed by atoms with van der Waals surface area (Å²) in [5.41, 5.74) is 0. The molecule has 1 saturated heterocycles. The molecule has 2 rings (SSSR count). The van der Waals surface area contributed by atoms with Gasteiger partial charge in [-0.25, -0.2) is 0 Å². The molecule has 2 unspecified atom stereocenters. The van der Waals surface area contributed by atoms with E-state index < -0.39 is 0 Å². The molecule has 0 amide bonds. The molecule has 1 saturated carbocycles. The first-order chi connectivity index (χ1) is 9.25. The molecule has 19 heavy (non-hydrogen) atoms. The Morgan fingerprint density at radius 2 is 1.79 bits per heavy atom. The van der Waals surface area contributed by atoms with E-state index in [0.717, 1.165) is 11.8 Å². The minimum atomic E-state index is 0.644. The number of unbranched alkanes of at least 4 members (excludes halogenated alkanes) is 2. The predicted molar refractivity (Wildman–Crippen MR) is 83.5 cm³/mol. The largest absolute Gasteiger partial charge is 0.315 e. The highest BCUT2D eigenvalue weighted by Crippen LogP contribution is 2.35. The van der Waals surface area contributed by atoms with Crippen molar-refractivity contribution in [1.82, 2.24) is 10.2 Å². The second kappa shape index (κ2) is 8.26. The molecule has 0 aromatic heterocycles. The molecule has 2 atom stereocenters.